The van der Waals surface area contributed by atoms with Gasteiger partial charge in [-0.25, -0.2) is 9.50 Å². The molecule has 1 amide bonds. The van der Waals surface area contributed by atoms with E-state index < -0.39 is 0 Å². The van der Waals surface area contributed by atoms with Gasteiger partial charge in [0.05, 0.1) is 11.7 Å². The van der Waals surface area contributed by atoms with Crippen LogP contribution in [-0.2, 0) is 17.8 Å². The molecule has 2 saturated heterocycles. The summed E-state index contributed by atoms with van der Waals surface area (Å²) >= 11 is 0. The van der Waals surface area contributed by atoms with Crippen molar-refractivity contribution in [3.8, 4) is 5.75 Å². The van der Waals surface area contributed by atoms with Gasteiger partial charge in [0.1, 0.15) is 5.75 Å². The molecule has 2 aromatic heterocycles. The topological polar surface area (TPSA) is 74.0 Å². The van der Waals surface area contributed by atoms with Gasteiger partial charge in [-0.1, -0.05) is 12.1 Å². The van der Waals surface area contributed by atoms with Gasteiger partial charge in [-0.15, -0.1) is 0 Å². The average Bonchev–Trinajstić information content (AvgIpc) is 3.55. The van der Waals surface area contributed by atoms with Gasteiger partial charge in [-0.3, -0.25) is 9.69 Å². The summed E-state index contributed by atoms with van der Waals surface area (Å²) in [5.41, 5.74) is 6.35. The highest BCUT2D eigenvalue weighted by molar-refractivity contribution is 5.76. The number of aromatic nitrogens is 3. The van der Waals surface area contributed by atoms with Gasteiger partial charge < -0.3 is 10.0 Å². The van der Waals surface area contributed by atoms with Gasteiger partial charge in [0.15, 0.2) is 5.65 Å². The zero-order valence-electron chi connectivity index (χ0n) is 19.6. The van der Waals surface area contributed by atoms with E-state index >= 15 is 0 Å². The van der Waals surface area contributed by atoms with Gasteiger partial charge in [0.25, 0.3) is 0 Å². The standard InChI is InChI=1S/C26H33N5O2/c1-18-22(11-12-26(33)29-13-3-4-14-29)19(2)31-25(27-18)16-23(28-31)24-6-5-15-30(24)17-20-7-9-21(32)10-8-20/h7-10,16,24,32H,3-6,11-15,17H2,1-2H3/t24-/m1/s1. The molecular weight excluding hydrogens is 414 g/mol. The molecule has 0 spiro atoms. The van der Waals surface area contributed by atoms with E-state index in [1.165, 1.54) is 5.56 Å². The molecule has 3 aromatic rings. The molecule has 7 nitrogen and oxygen atoms in total. The number of rotatable bonds is 6. The van der Waals surface area contributed by atoms with Crippen molar-refractivity contribution in [3.05, 3.63) is 58.5 Å². The van der Waals surface area contributed by atoms with Crippen LogP contribution in [0.15, 0.2) is 30.3 Å². The van der Waals surface area contributed by atoms with E-state index in [4.69, 9.17) is 10.1 Å². The second-order valence-electron chi connectivity index (χ2n) is 9.48. The Morgan fingerprint density at radius 3 is 2.61 bits per heavy atom. The Morgan fingerprint density at radius 2 is 1.85 bits per heavy atom. The largest absolute Gasteiger partial charge is 0.508 e. The number of hydrogen-bond acceptors (Lipinski definition) is 5. The molecule has 0 saturated carbocycles. The number of fused-ring (bicyclic) bond motifs is 1. The minimum atomic E-state index is 0.253. The summed E-state index contributed by atoms with van der Waals surface area (Å²) in [5, 5.41) is 14.6. The second kappa shape index (κ2) is 9.14. The van der Waals surface area contributed by atoms with Crippen molar-refractivity contribution < 1.29 is 9.90 Å². The Hall–Kier alpha value is -2.93. The van der Waals surface area contributed by atoms with Crippen LogP contribution in [0.5, 0.6) is 5.75 Å². The lowest BCUT2D eigenvalue weighted by Crippen LogP contribution is -2.28. The van der Waals surface area contributed by atoms with E-state index in [0.717, 1.165) is 80.2 Å². The molecule has 33 heavy (non-hydrogen) atoms. The van der Waals surface area contributed by atoms with Gasteiger partial charge in [-0.05, 0) is 75.8 Å². The summed E-state index contributed by atoms with van der Waals surface area (Å²) < 4.78 is 1.97. The Balaban J connectivity index is 1.35. The summed E-state index contributed by atoms with van der Waals surface area (Å²) in [6.45, 7) is 7.82. The van der Waals surface area contributed by atoms with Crippen molar-refractivity contribution in [3.63, 3.8) is 0 Å². The summed E-state index contributed by atoms with van der Waals surface area (Å²) in [4.78, 5) is 21.9. The number of phenolic OH excluding ortho intramolecular Hbond substituents is 1. The van der Waals surface area contributed by atoms with E-state index in [9.17, 15) is 9.90 Å². The number of hydrogen-bond donors (Lipinski definition) is 1. The lowest BCUT2D eigenvalue weighted by molar-refractivity contribution is -0.130. The van der Waals surface area contributed by atoms with Crippen molar-refractivity contribution in [1.29, 1.82) is 0 Å². The molecule has 5 rings (SSSR count). The lowest BCUT2D eigenvalue weighted by Gasteiger charge is -2.23. The molecule has 2 aliphatic heterocycles. The smallest absolute Gasteiger partial charge is 0.222 e. The number of likely N-dealkylation sites (tertiary alicyclic amines) is 2. The van der Waals surface area contributed by atoms with E-state index in [1.807, 2.05) is 28.5 Å². The maximum atomic E-state index is 12.6. The maximum absolute atomic E-state index is 12.6. The second-order valence-corrected chi connectivity index (χ2v) is 9.48. The third-order valence-corrected chi connectivity index (χ3v) is 7.26. The number of nitrogens with zero attached hydrogens (tertiary/aromatic N) is 5. The highest BCUT2D eigenvalue weighted by atomic mass is 16.3. The molecule has 1 atom stereocenters. The minimum Gasteiger partial charge on any atom is -0.508 e. The summed E-state index contributed by atoms with van der Waals surface area (Å²) in [5.74, 6) is 0.551. The van der Waals surface area contributed by atoms with Crippen molar-refractivity contribution in [2.45, 2.75) is 65.0 Å². The molecule has 0 radical (unpaired) electrons. The third-order valence-electron chi connectivity index (χ3n) is 7.26. The summed E-state index contributed by atoms with van der Waals surface area (Å²) in [7, 11) is 0. The van der Waals surface area contributed by atoms with Crippen LogP contribution in [0.3, 0.4) is 0 Å². The van der Waals surface area contributed by atoms with E-state index in [0.29, 0.717) is 18.6 Å². The summed E-state index contributed by atoms with van der Waals surface area (Å²) in [6.07, 6.45) is 5.72. The van der Waals surface area contributed by atoms with Gasteiger partial charge in [0.2, 0.25) is 5.91 Å². The van der Waals surface area contributed by atoms with Crippen LogP contribution >= 0.6 is 0 Å². The fourth-order valence-electron chi connectivity index (χ4n) is 5.41. The number of carbonyl (C=O) groups excluding carboxylic acids is 1. The zero-order valence-corrected chi connectivity index (χ0v) is 19.6. The number of benzene rings is 1. The van der Waals surface area contributed by atoms with Crippen LogP contribution in [0.4, 0.5) is 0 Å². The van der Waals surface area contributed by atoms with Crippen LogP contribution in [0.25, 0.3) is 5.65 Å². The fraction of sp³-hybridized carbons (Fsp3) is 0.500. The average molecular weight is 448 g/mol. The molecule has 2 aliphatic rings. The highest BCUT2D eigenvalue weighted by Gasteiger charge is 2.29. The van der Waals surface area contributed by atoms with Gasteiger partial charge in [0, 0.05) is 43.5 Å². The Bertz CT molecular complexity index is 1150. The first-order chi connectivity index (χ1) is 16.0. The SMILES string of the molecule is Cc1nc2cc([C@H]3CCCN3Cc3ccc(O)cc3)nn2c(C)c1CCC(=O)N1CCCC1. The molecule has 1 N–H and O–H groups in total. The Labute approximate surface area is 195 Å². The predicted octanol–water partition coefficient (Wildman–Crippen LogP) is 3.94. The van der Waals surface area contributed by atoms with Crippen LogP contribution < -0.4 is 0 Å². The zero-order chi connectivity index (χ0) is 22.9. The van der Waals surface area contributed by atoms with Gasteiger partial charge >= 0.3 is 0 Å². The number of aromatic hydroxyl groups is 1. The molecule has 0 bridgehead atoms. The van der Waals surface area contributed by atoms with E-state index in [-0.39, 0.29) is 11.9 Å². The highest BCUT2D eigenvalue weighted by Crippen LogP contribution is 2.33. The molecule has 0 unspecified atom stereocenters. The fourth-order valence-corrected chi connectivity index (χ4v) is 5.41. The number of carbonyl (C=O) groups is 1. The summed E-state index contributed by atoms with van der Waals surface area (Å²) in [6, 6.07) is 9.85. The molecular formula is C26H33N5O2. The molecule has 1 aromatic carbocycles. The lowest BCUT2D eigenvalue weighted by atomic mass is 10.1. The molecule has 2 fully saturated rings. The van der Waals surface area contributed by atoms with Crippen molar-refractivity contribution in [2.75, 3.05) is 19.6 Å². The molecule has 4 heterocycles. The van der Waals surface area contributed by atoms with Crippen molar-refractivity contribution in [2.24, 2.45) is 0 Å². The van der Waals surface area contributed by atoms with Crippen LogP contribution in [0.2, 0.25) is 0 Å². The normalized spacial score (nSPS) is 19.1. The third kappa shape index (κ3) is 4.47. The van der Waals surface area contributed by atoms with Crippen molar-refractivity contribution >= 4 is 11.6 Å². The van der Waals surface area contributed by atoms with Gasteiger partial charge in [-0.2, -0.15) is 5.10 Å². The molecule has 0 aliphatic carbocycles. The minimum absolute atomic E-state index is 0.253. The van der Waals surface area contributed by atoms with Crippen molar-refractivity contribution in [1.82, 2.24) is 24.4 Å². The quantitative estimate of drug-likeness (QED) is 0.620. The van der Waals surface area contributed by atoms with Crippen LogP contribution in [0.1, 0.15) is 66.4 Å². The molecule has 174 valence electrons. The monoisotopic (exact) mass is 447 g/mol. The molecule has 7 heteroatoms. The van der Waals surface area contributed by atoms with E-state index in [2.05, 4.69) is 17.9 Å². The number of aryl methyl sites for hydroxylation is 2. The predicted molar refractivity (Wildman–Crippen MR) is 127 cm³/mol. The van der Waals surface area contributed by atoms with Crippen LogP contribution in [-0.4, -0.2) is 55.0 Å². The maximum Gasteiger partial charge on any atom is 0.222 e. The van der Waals surface area contributed by atoms with E-state index in [1.54, 1.807) is 12.1 Å². The first kappa shape index (κ1) is 21.9. The van der Waals surface area contributed by atoms with Crippen LogP contribution in [0, 0.1) is 13.8 Å². The number of amides is 1. The number of phenols is 1. The Morgan fingerprint density at radius 1 is 1.09 bits per heavy atom. The first-order valence-corrected chi connectivity index (χ1v) is 12.1. The first-order valence-electron chi connectivity index (χ1n) is 12.1. The Kier molecular flexibility index (Phi) is 6.06.